The van der Waals surface area contributed by atoms with Gasteiger partial charge in [0.15, 0.2) is 5.78 Å². The van der Waals surface area contributed by atoms with Crippen molar-refractivity contribution >= 4 is 29.0 Å². The van der Waals surface area contributed by atoms with Gasteiger partial charge in [0.05, 0.1) is 22.7 Å². The number of halogens is 2. The van der Waals surface area contributed by atoms with Gasteiger partial charge in [0, 0.05) is 6.07 Å². The molecule has 0 N–H and O–H groups in total. The van der Waals surface area contributed by atoms with E-state index in [4.69, 9.17) is 32.7 Å². The van der Waals surface area contributed by atoms with Crippen LogP contribution >= 0.6 is 23.2 Å². The van der Waals surface area contributed by atoms with E-state index in [1.165, 1.54) is 20.3 Å². The molecule has 0 radical (unpaired) electrons. The number of ketones is 1. The minimum absolute atomic E-state index is 0.152. The van der Waals surface area contributed by atoms with Crippen molar-refractivity contribution < 1.29 is 14.3 Å². The van der Waals surface area contributed by atoms with E-state index in [1.54, 1.807) is 19.1 Å². The molecular formula is C12H12Cl2O3. The minimum atomic E-state index is -0.152. The van der Waals surface area contributed by atoms with Gasteiger partial charge in [0.2, 0.25) is 0 Å². The Morgan fingerprint density at radius 2 is 2.00 bits per heavy atom. The summed E-state index contributed by atoms with van der Waals surface area (Å²) in [6.45, 7) is 3.11. The quantitative estimate of drug-likeness (QED) is 0.614. The van der Waals surface area contributed by atoms with E-state index < -0.39 is 0 Å². The number of hydrogen-bond donors (Lipinski definition) is 0. The zero-order chi connectivity index (χ0) is 13.0. The zero-order valence-corrected chi connectivity index (χ0v) is 11.2. The molecular weight excluding hydrogens is 263 g/mol. The van der Waals surface area contributed by atoms with Crippen LogP contribution in [0.25, 0.3) is 0 Å². The van der Waals surface area contributed by atoms with Crippen molar-refractivity contribution in [2.75, 3.05) is 7.11 Å². The van der Waals surface area contributed by atoms with Gasteiger partial charge in [-0.1, -0.05) is 23.2 Å². The lowest BCUT2D eigenvalue weighted by Gasteiger charge is -2.10. The van der Waals surface area contributed by atoms with Gasteiger partial charge >= 0.3 is 0 Å². The highest BCUT2D eigenvalue weighted by Crippen LogP contribution is 2.33. The largest absolute Gasteiger partial charge is 0.494 e. The second-order valence-corrected chi connectivity index (χ2v) is 4.37. The Morgan fingerprint density at radius 3 is 2.47 bits per heavy atom. The molecule has 1 aromatic carbocycles. The molecule has 0 aliphatic rings. The van der Waals surface area contributed by atoms with Crippen LogP contribution in [0.3, 0.4) is 0 Å². The molecule has 0 fully saturated rings. The van der Waals surface area contributed by atoms with Crippen LogP contribution in [-0.2, 0) is 0 Å². The summed E-state index contributed by atoms with van der Waals surface area (Å²) >= 11 is 11.6. The van der Waals surface area contributed by atoms with Crippen molar-refractivity contribution in [2.24, 2.45) is 0 Å². The molecule has 0 atom stereocenters. The van der Waals surface area contributed by atoms with Crippen LogP contribution in [0.2, 0.25) is 5.02 Å². The number of allylic oxidation sites excluding steroid dienone is 1. The molecule has 3 nitrogen and oxygen atoms in total. The summed E-state index contributed by atoms with van der Waals surface area (Å²) in [4.78, 5) is 11.4. The smallest absolute Gasteiger partial charge is 0.163 e. The van der Waals surface area contributed by atoms with Gasteiger partial charge in [0.1, 0.15) is 17.8 Å². The van der Waals surface area contributed by atoms with Crippen LogP contribution in [0, 0.1) is 0 Å². The molecule has 1 aromatic rings. The average Bonchev–Trinajstić information content (AvgIpc) is 2.25. The highest BCUT2D eigenvalue weighted by molar-refractivity contribution is 6.33. The number of methoxy groups -OCH3 is 1. The summed E-state index contributed by atoms with van der Waals surface area (Å²) < 4.78 is 10.3. The second-order valence-electron chi connectivity index (χ2n) is 3.36. The molecule has 0 bridgehead atoms. The van der Waals surface area contributed by atoms with Gasteiger partial charge in [-0.15, -0.1) is 0 Å². The first-order valence-corrected chi connectivity index (χ1v) is 5.58. The highest BCUT2D eigenvalue weighted by atomic mass is 35.5. The molecule has 5 heteroatoms. The Morgan fingerprint density at radius 1 is 1.35 bits per heavy atom. The average molecular weight is 275 g/mol. The molecule has 0 spiro atoms. The Balaban J connectivity index is 3.19. The van der Waals surface area contributed by atoms with Gasteiger partial charge in [-0.05, 0) is 19.9 Å². The molecule has 17 heavy (non-hydrogen) atoms. The van der Waals surface area contributed by atoms with Gasteiger partial charge in [0.25, 0.3) is 0 Å². The van der Waals surface area contributed by atoms with Gasteiger partial charge < -0.3 is 9.47 Å². The summed E-state index contributed by atoms with van der Waals surface area (Å²) in [6, 6.07) is 3.12. The van der Waals surface area contributed by atoms with Crippen molar-refractivity contribution in [3.63, 3.8) is 0 Å². The van der Waals surface area contributed by atoms with Crippen LogP contribution in [0.5, 0.6) is 11.5 Å². The van der Waals surface area contributed by atoms with Gasteiger partial charge in [-0.2, -0.15) is 0 Å². The number of carbonyl (C=O) groups excluding carboxylic acids is 1. The van der Waals surface area contributed by atoms with E-state index in [0.29, 0.717) is 27.1 Å². The fourth-order valence-electron chi connectivity index (χ4n) is 1.25. The van der Waals surface area contributed by atoms with E-state index in [0.717, 1.165) is 0 Å². The van der Waals surface area contributed by atoms with Crippen molar-refractivity contribution in [2.45, 2.75) is 13.8 Å². The lowest BCUT2D eigenvalue weighted by Crippen LogP contribution is -1.99. The van der Waals surface area contributed by atoms with Crippen molar-refractivity contribution in [3.05, 3.63) is 34.0 Å². The fraction of sp³-hybridized carbons (Fsp3) is 0.250. The number of ether oxygens (including phenoxy) is 2. The molecule has 0 saturated heterocycles. The Labute approximate surface area is 110 Å². The topological polar surface area (TPSA) is 35.5 Å². The SMILES string of the molecule is COc1c(Cl)cc(O/C=C(\C)Cl)cc1C(C)=O. The van der Waals surface area contributed by atoms with Crippen LogP contribution in [0.15, 0.2) is 23.4 Å². The second kappa shape index (κ2) is 5.94. The van der Waals surface area contributed by atoms with Crippen molar-refractivity contribution in [1.82, 2.24) is 0 Å². The highest BCUT2D eigenvalue weighted by Gasteiger charge is 2.14. The molecule has 0 amide bonds. The van der Waals surface area contributed by atoms with Crippen molar-refractivity contribution in [1.29, 1.82) is 0 Å². The monoisotopic (exact) mass is 274 g/mol. The van der Waals surface area contributed by atoms with E-state index in [1.807, 2.05) is 0 Å². The summed E-state index contributed by atoms with van der Waals surface area (Å²) in [5.41, 5.74) is 0.371. The zero-order valence-electron chi connectivity index (χ0n) is 9.71. The van der Waals surface area contributed by atoms with Crippen LogP contribution in [-0.4, -0.2) is 12.9 Å². The van der Waals surface area contributed by atoms with Gasteiger partial charge in [-0.25, -0.2) is 0 Å². The van der Waals surface area contributed by atoms with E-state index in [9.17, 15) is 4.79 Å². The maximum Gasteiger partial charge on any atom is 0.163 e. The summed E-state index contributed by atoms with van der Waals surface area (Å²) in [6.07, 6.45) is 1.36. The first-order chi connectivity index (χ1) is 7.95. The Kier molecular flexibility index (Phi) is 4.85. The third-order valence-electron chi connectivity index (χ3n) is 1.96. The lowest BCUT2D eigenvalue weighted by molar-refractivity contribution is 0.101. The number of hydrogen-bond acceptors (Lipinski definition) is 3. The third-order valence-corrected chi connectivity index (χ3v) is 2.33. The fourth-order valence-corrected chi connectivity index (χ4v) is 1.59. The third kappa shape index (κ3) is 3.65. The normalized spacial score (nSPS) is 11.2. The maximum absolute atomic E-state index is 11.4. The predicted molar refractivity (Wildman–Crippen MR) is 68.2 cm³/mol. The predicted octanol–water partition coefficient (Wildman–Crippen LogP) is 4.03. The van der Waals surface area contributed by atoms with Gasteiger partial charge in [-0.3, -0.25) is 4.79 Å². The lowest BCUT2D eigenvalue weighted by atomic mass is 10.1. The first kappa shape index (κ1) is 13.9. The van der Waals surface area contributed by atoms with Crippen LogP contribution in [0.4, 0.5) is 0 Å². The maximum atomic E-state index is 11.4. The number of rotatable bonds is 4. The van der Waals surface area contributed by atoms with Crippen LogP contribution in [0.1, 0.15) is 24.2 Å². The summed E-state index contributed by atoms with van der Waals surface area (Å²) in [5, 5.41) is 0.803. The first-order valence-electron chi connectivity index (χ1n) is 4.83. The molecule has 0 unspecified atom stereocenters. The molecule has 1 rings (SSSR count). The van der Waals surface area contributed by atoms with E-state index >= 15 is 0 Å². The van der Waals surface area contributed by atoms with E-state index in [-0.39, 0.29) is 5.78 Å². The molecule has 0 aliphatic carbocycles. The molecule has 0 saturated carbocycles. The molecule has 0 aromatic heterocycles. The standard InChI is InChI=1S/C12H12Cl2O3/c1-7(13)6-17-9-4-10(8(2)15)12(16-3)11(14)5-9/h4-6H,1-3H3/b7-6+. The summed E-state index contributed by atoms with van der Waals surface area (Å²) in [7, 11) is 1.46. The molecule has 92 valence electrons. The van der Waals surface area contributed by atoms with E-state index in [2.05, 4.69) is 0 Å². The van der Waals surface area contributed by atoms with Crippen LogP contribution < -0.4 is 9.47 Å². The number of benzene rings is 1. The number of carbonyl (C=O) groups is 1. The molecule has 0 aliphatic heterocycles. The molecule has 0 heterocycles. The Hall–Kier alpha value is -1.19. The van der Waals surface area contributed by atoms with Crippen molar-refractivity contribution in [3.8, 4) is 11.5 Å². The summed E-state index contributed by atoms with van der Waals surface area (Å²) in [5.74, 6) is 0.625. The number of Topliss-reactive ketones (excluding diaryl/α,β-unsaturated/α-hetero) is 1. The minimum Gasteiger partial charge on any atom is -0.494 e. The Bertz CT molecular complexity index is 463.